The third-order valence-electron chi connectivity index (χ3n) is 4.33. The van der Waals surface area contributed by atoms with Crippen molar-refractivity contribution in [2.75, 3.05) is 6.61 Å². The van der Waals surface area contributed by atoms with E-state index in [9.17, 15) is 84.2 Å². The van der Waals surface area contributed by atoms with Gasteiger partial charge in [-0.1, -0.05) is 0 Å². The Labute approximate surface area is 188 Å². The molecule has 0 aliphatic carbocycles. The summed E-state index contributed by atoms with van der Waals surface area (Å²) in [4.78, 5) is 21.6. The summed E-state index contributed by atoms with van der Waals surface area (Å²) in [5.41, 5.74) is 0. The number of alkyl halides is 17. The van der Waals surface area contributed by atoms with Gasteiger partial charge in [-0.2, -0.15) is 74.6 Å². The van der Waals surface area contributed by atoms with E-state index in [-0.39, 0.29) is 0 Å². The van der Waals surface area contributed by atoms with Crippen LogP contribution in [0.15, 0.2) is 0 Å². The number of ether oxygens (including phenoxy) is 1. The number of unbranched alkanes of at least 4 members (excludes halogenated alkanes) is 1. The monoisotopic (exact) mass is 576 g/mol. The maximum atomic E-state index is 13.6. The summed E-state index contributed by atoms with van der Waals surface area (Å²) in [7, 11) is 0. The Balaban J connectivity index is 5.92. The molecular weight excluding hydrogens is 563 g/mol. The van der Waals surface area contributed by atoms with Gasteiger partial charge in [0.25, 0.3) is 0 Å². The quantitative estimate of drug-likeness (QED) is 0.106. The van der Waals surface area contributed by atoms with Gasteiger partial charge in [-0.3, -0.25) is 9.59 Å². The van der Waals surface area contributed by atoms with E-state index in [1.807, 2.05) is 0 Å². The molecule has 36 heavy (non-hydrogen) atoms. The van der Waals surface area contributed by atoms with Crippen molar-refractivity contribution in [2.24, 2.45) is 0 Å². The van der Waals surface area contributed by atoms with E-state index in [1.165, 1.54) is 0 Å². The number of carbonyl (C=O) groups is 2. The van der Waals surface area contributed by atoms with E-state index in [0.717, 1.165) is 6.92 Å². The lowest BCUT2D eigenvalue weighted by Crippen LogP contribution is -2.74. The van der Waals surface area contributed by atoms with Crippen LogP contribution in [0.3, 0.4) is 0 Å². The second-order valence-electron chi connectivity index (χ2n) is 7.20. The van der Waals surface area contributed by atoms with Crippen molar-refractivity contribution < 1.29 is 89.0 Å². The summed E-state index contributed by atoms with van der Waals surface area (Å²) in [6.07, 6.45) is -13.6. The van der Waals surface area contributed by atoms with Crippen LogP contribution >= 0.6 is 0 Å². The maximum absolute atomic E-state index is 13.6. The number of Topliss-reactive ketones (excluding diaryl/α,β-unsaturated/α-hetero) is 1. The SMILES string of the molecule is CC(=O)CC(=O)OCCCCC(F)(F)C(F)(F)C(F)(F)C(F)(F)C(F)(F)C(F)(F)C(F)(F)C(F)(F)F. The largest absolute Gasteiger partial charge is 0.465 e. The molecule has 0 heterocycles. The minimum atomic E-state index is -8.66. The number of hydrogen-bond acceptors (Lipinski definition) is 3. The molecule has 0 spiro atoms. The fourth-order valence-electron chi connectivity index (χ4n) is 2.24. The molecule has 0 rings (SSSR count). The van der Waals surface area contributed by atoms with Gasteiger partial charge in [-0.15, -0.1) is 0 Å². The van der Waals surface area contributed by atoms with Gasteiger partial charge >= 0.3 is 53.6 Å². The molecular formula is C16H13F17O3. The van der Waals surface area contributed by atoms with E-state index < -0.39 is 91.7 Å². The predicted octanol–water partition coefficient (Wildman–Crippen LogP) is 6.69. The van der Waals surface area contributed by atoms with E-state index >= 15 is 0 Å². The highest BCUT2D eigenvalue weighted by Gasteiger charge is 2.95. The molecule has 0 aromatic heterocycles. The minimum Gasteiger partial charge on any atom is -0.465 e. The topological polar surface area (TPSA) is 43.4 Å². The van der Waals surface area contributed by atoms with Crippen LogP contribution < -0.4 is 0 Å². The van der Waals surface area contributed by atoms with Gasteiger partial charge in [0.1, 0.15) is 12.2 Å². The fourth-order valence-corrected chi connectivity index (χ4v) is 2.24. The number of rotatable bonds is 13. The average molecular weight is 576 g/mol. The van der Waals surface area contributed by atoms with Crippen molar-refractivity contribution >= 4 is 11.8 Å². The Morgan fingerprint density at radius 2 is 0.917 bits per heavy atom. The van der Waals surface area contributed by atoms with Gasteiger partial charge in [-0.25, -0.2) is 0 Å². The molecule has 214 valence electrons. The molecule has 0 N–H and O–H groups in total. The first kappa shape index (κ1) is 33.9. The lowest BCUT2D eigenvalue weighted by molar-refractivity contribution is -0.461. The van der Waals surface area contributed by atoms with Crippen molar-refractivity contribution in [1.29, 1.82) is 0 Å². The molecule has 0 fully saturated rings. The molecule has 0 aliphatic heterocycles. The number of hydrogen-bond donors (Lipinski definition) is 0. The Morgan fingerprint density at radius 3 is 1.28 bits per heavy atom. The highest BCUT2D eigenvalue weighted by Crippen LogP contribution is 2.64. The summed E-state index contributed by atoms with van der Waals surface area (Å²) in [5, 5.41) is 0. The standard InChI is InChI=1S/C16H13F17O3/c1-7(34)6-8(35)36-5-3-2-4-9(17,18)10(19,20)11(21,22)12(23,24)13(25,26)14(27,28)15(29,30)16(31,32)33/h2-6H2,1H3. The molecule has 0 amide bonds. The number of halogens is 17. The van der Waals surface area contributed by atoms with Crippen LogP contribution in [0.1, 0.15) is 32.6 Å². The van der Waals surface area contributed by atoms with E-state index in [1.54, 1.807) is 0 Å². The van der Waals surface area contributed by atoms with Gasteiger partial charge in [0.05, 0.1) is 6.61 Å². The summed E-state index contributed by atoms with van der Waals surface area (Å²) >= 11 is 0. The molecule has 20 heteroatoms. The van der Waals surface area contributed by atoms with Gasteiger partial charge in [-0.05, 0) is 19.8 Å². The van der Waals surface area contributed by atoms with Crippen molar-refractivity contribution in [2.45, 2.75) is 80.2 Å². The number of ketones is 1. The molecule has 0 atom stereocenters. The van der Waals surface area contributed by atoms with Crippen LogP contribution in [-0.2, 0) is 14.3 Å². The lowest BCUT2D eigenvalue weighted by atomic mass is 9.88. The van der Waals surface area contributed by atoms with Crippen molar-refractivity contribution in [3.05, 3.63) is 0 Å². The Bertz CT molecular complexity index is 800. The van der Waals surface area contributed by atoms with Gasteiger partial charge in [0.15, 0.2) is 0 Å². The molecule has 0 aromatic rings. The number of esters is 1. The molecule has 0 aromatic carbocycles. The molecule has 0 aliphatic rings. The first-order valence-corrected chi connectivity index (χ1v) is 8.92. The molecule has 0 saturated carbocycles. The molecule has 0 unspecified atom stereocenters. The second kappa shape index (κ2) is 10.0. The zero-order valence-corrected chi connectivity index (χ0v) is 17.2. The second-order valence-corrected chi connectivity index (χ2v) is 7.20. The van der Waals surface area contributed by atoms with E-state index in [4.69, 9.17) is 0 Å². The summed E-state index contributed by atoms with van der Waals surface area (Å²) in [6.45, 7) is -0.0271. The Morgan fingerprint density at radius 1 is 0.556 bits per heavy atom. The molecule has 3 nitrogen and oxygen atoms in total. The van der Waals surface area contributed by atoms with E-state index in [0.29, 0.717) is 0 Å². The minimum absolute atomic E-state index is 0.746. The Kier molecular flexibility index (Phi) is 9.45. The molecule has 0 bridgehead atoms. The summed E-state index contributed by atoms with van der Waals surface area (Å²) < 4.78 is 227. The number of carbonyl (C=O) groups excluding carboxylic acids is 2. The van der Waals surface area contributed by atoms with Crippen LogP contribution in [0.5, 0.6) is 0 Å². The van der Waals surface area contributed by atoms with E-state index in [2.05, 4.69) is 4.74 Å². The van der Waals surface area contributed by atoms with Gasteiger partial charge in [0.2, 0.25) is 0 Å². The zero-order valence-electron chi connectivity index (χ0n) is 17.2. The molecule has 0 radical (unpaired) electrons. The van der Waals surface area contributed by atoms with Crippen LogP contribution in [0.4, 0.5) is 74.6 Å². The van der Waals surface area contributed by atoms with Crippen LogP contribution in [0.25, 0.3) is 0 Å². The third kappa shape index (κ3) is 5.60. The van der Waals surface area contributed by atoms with Crippen molar-refractivity contribution in [3.63, 3.8) is 0 Å². The fraction of sp³-hybridized carbons (Fsp3) is 0.875. The Hall–Kier alpha value is -2.05. The average Bonchev–Trinajstić information content (AvgIpc) is 2.65. The van der Waals surface area contributed by atoms with Gasteiger partial charge < -0.3 is 4.74 Å². The van der Waals surface area contributed by atoms with Crippen LogP contribution in [0.2, 0.25) is 0 Å². The van der Waals surface area contributed by atoms with Gasteiger partial charge in [0, 0.05) is 6.42 Å². The van der Waals surface area contributed by atoms with Crippen molar-refractivity contribution in [3.8, 4) is 0 Å². The van der Waals surface area contributed by atoms with Crippen molar-refractivity contribution in [1.82, 2.24) is 0 Å². The normalized spacial score (nSPS) is 15.2. The summed E-state index contributed by atoms with van der Waals surface area (Å²) in [6, 6.07) is 0. The smallest absolute Gasteiger partial charge is 0.460 e. The maximum Gasteiger partial charge on any atom is 0.460 e. The first-order valence-electron chi connectivity index (χ1n) is 8.92. The zero-order chi connectivity index (χ0) is 29.4. The highest BCUT2D eigenvalue weighted by atomic mass is 19.4. The molecule has 0 saturated heterocycles. The predicted molar refractivity (Wildman–Crippen MR) is 80.8 cm³/mol. The third-order valence-corrected chi connectivity index (χ3v) is 4.33. The van der Waals surface area contributed by atoms with Crippen LogP contribution in [-0.4, -0.2) is 66.0 Å². The first-order chi connectivity index (χ1) is 15.6. The highest BCUT2D eigenvalue weighted by molar-refractivity contribution is 5.94. The van der Waals surface area contributed by atoms with Crippen LogP contribution in [0, 0.1) is 0 Å². The lowest BCUT2D eigenvalue weighted by Gasteiger charge is -2.42. The summed E-state index contributed by atoms with van der Waals surface area (Å²) in [5.74, 6) is -58.5.